The first-order valence-corrected chi connectivity index (χ1v) is 10.1. The first-order valence-electron chi connectivity index (χ1n) is 10.1. The summed E-state index contributed by atoms with van der Waals surface area (Å²) in [7, 11) is 0. The number of ether oxygens (including phenoxy) is 1. The van der Waals surface area contributed by atoms with E-state index >= 15 is 0 Å². The van der Waals surface area contributed by atoms with Gasteiger partial charge in [-0.15, -0.1) is 0 Å². The Balaban J connectivity index is 1.65. The molecule has 0 amide bonds. The highest BCUT2D eigenvalue weighted by Gasteiger charge is 2.17. The maximum Gasteiger partial charge on any atom is 0.166 e. The molecule has 0 spiro atoms. The average Bonchev–Trinajstić information content (AvgIpc) is 3.25. The summed E-state index contributed by atoms with van der Waals surface area (Å²) in [5.74, 6) is -0.209. The number of anilines is 1. The summed E-state index contributed by atoms with van der Waals surface area (Å²) in [5, 5.41) is 13.3. The molecule has 4 rings (SSSR count). The van der Waals surface area contributed by atoms with Gasteiger partial charge in [0.2, 0.25) is 0 Å². The number of pyridine rings is 1. The Morgan fingerprint density at radius 1 is 1.00 bits per heavy atom. The van der Waals surface area contributed by atoms with Gasteiger partial charge < -0.3 is 15.6 Å². The molecule has 164 valence electrons. The van der Waals surface area contributed by atoms with Crippen LogP contribution in [0.4, 0.5) is 14.6 Å². The number of nitrogens with zero attached hydrogens (tertiary/aromatic N) is 3. The third-order valence-electron chi connectivity index (χ3n) is 5.09. The van der Waals surface area contributed by atoms with Crippen LogP contribution in [0, 0.1) is 11.6 Å². The molecule has 0 fully saturated rings. The molecule has 0 saturated carbocycles. The fourth-order valence-corrected chi connectivity index (χ4v) is 3.46. The van der Waals surface area contributed by atoms with Crippen LogP contribution in [0.25, 0.3) is 22.3 Å². The first kappa shape index (κ1) is 21.5. The van der Waals surface area contributed by atoms with Crippen LogP contribution < -0.4 is 10.5 Å². The molecule has 0 unspecified atom stereocenters. The summed E-state index contributed by atoms with van der Waals surface area (Å²) in [6.45, 7) is 2.15. The fourth-order valence-electron chi connectivity index (χ4n) is 3.46. The lowest BCUT2D eigenvalue weighted by Crippen LogP contribution is -2.08. The number of rotatable bonds is 7. The largest absolute Gasteiger partial charge is 0.482 e. The zero-order valence-electron chi connectivity index (χ0n) is 17.4. The van der Waals surface area contributed by atoms with E-state index in [2.05, 4.69) is 10.1 Å². The summed E-state index contributed by atoms with van der Waals surface area (Å²) in [6, 6.07) is 12.1. The van der Waals surface area contributed by atoms with Gasteiger partial charge in [-0.05, 0) is 48.4 Å². The molecule has 0 aliphatic carbocycles. The smallest absolute Gasteiger partial charge is 0.166 e. The van der Waals surface area contributed by atoms with E-state index < -0.39 is 11.9 Å². The van der Waals surface area contributed by atoms with E-state index in [4.69, 9.17) is 15.6 Å². The van der Waals surface area contributed by atoms with E-state index in [0.29, 0.717) is 17.9 Å². The third kappa shape index (κ3) is 4.60. The van der Waals surface area contributed by atoms with Gasteiger partial charge in [0.05, 0.1) is 19.3 Å². The minimum absolute atomic E-state index is 0.0169. The highest BCUT2D eigenvalue weighted by molar-refractivity contribution is 5.69. The summed E-state index contributed by atoms with van der Waals surface area (Å²) in [5.41, 5.74) is 9.64. The second-order valence-electron chi connectivity index (χ2n) is 7.32. The number of aliphatic hydroxyl groups excluding tert-OH is 1. The number of aliphatic hydroxyl groups is 1. The molecular formula is C24H22F2N4O2. The second kappa shape index (κ2) is 9.15. The summed E-state index contributed by atoms with van der Waals surface area (Å²) in [6.07, 6.45) is 4.49. The van der Waals surface area contributed by atoms with Crippen LogP contribution in [0.3, 0.4) is 0 Å². The molecule has 0 aliphatic heterocycles. The number of nitrogen functional groups attached to an aromatic ring is 1. The Morgan fingerprint density at radius 2 is 1.75 bits per heavy atom. The number of aromatic nitrogens is 3. The summed E-state index contributed by atoms with van der Waals surface area (Å²) in [4.78, 5) is 4.22. The van der Waals surface area contributed by atoms with Crippen molar-refractivity contribution < 1.29 is 18.6 Å². The molecule has 0 saturated heterocycles. The molecule has 2 aromatic carbocycles. The van der Waals surface area contributed by atoms with E-state index in [9.17, 15) is 8.78 Å². The Kier molecular flexibility index (Phi) is 6.13. The van der Waals surface area contributed by atoms with Crippen LogP contribution in [0.2, 0.25) is 0 Å². The second-order valence-corrected chi connectivity index (χ2v) is 7.32. The molecule has 8 heteroatoms. The quantitative estimate of drug-likeness (QED) is 0.442. The monoisotopic (exact) mass is 436 g/mol. The van der Waals surface area contributed by atoms with Gasteiger partial charge in [-0.1, -0.05) is 18.2 Å². The van der Waals surface area contributed by atoms with Gasteiger partial charge in [0.15, 0.2) is 11.6 Å². The van der Waals surface area contributed by atoms with E-state index in [-0.39, 0.29) is 18.2 Å². The topological polar surface area (TPSA) is 86.2 Å². The normalized spacial score (nSPS) is 12.0. The summed E-state index contributed by atoms with van der Waals surface area (Å²) >= 11 is 0. The lowest BCUT2D eigenvalue weighted by Gasteiger charge is -2.20. The van der Waals surface area contributed by atoms with Crippen LogP contribution in [0.5, 0.6) is 5.75 Å². The van der Waals surface area contributed by atoms with Crippen molar-refractivity contribution in [2.45, 2.75) is 19.6 Å². The zero-order chi connectivity index (χ0) is 22.7. The number of hydrogen-bond donors (Lipinski definition) is 2. The molecule has 32 heavy (non-hydrogen) atoms. The fraction of sp³-hybridized carbons (Fsp3) is 0.167. The lowest BCUT2D eigenvalue weighted by atomic mass is 9.96. The Morgan fingerprint density at radius 3 is 2.50 bits per heavy atom. The van der Waals surface area contributed by atoms with Crippen LogP contribution >= 0.6 is 0 Å². The van der Waals surface area contributed by atoms with Gasteiger partial charge in [-0.3, -0.25) is 4.68 Å². The van der Waals surface area contributed by atoms with Gasteiger partial charge in [0.25, 0.3) is 0 Å². The first-order chi connectivity index (χ1) is 15.4. The van der Waals surface area contributed by atoms with Crippen LogP contribution in [0.15, 0.2) is 67.1 Å². The van der Waals surface area contributed by atoms with Crippen molar-refractivity contribution in [1.29, 1.82) is 0 Å². The van der Waals surface area contributed by atoms with E-state index in [0.717, 1.165) is 22.3 Å². The predicted octanol–water partition coefficient (Wildman–Crippen LogP) is 4.60. The molecule has 0 radical (unpaired) electrons. The third-order valence-corrected chi connectivity index (χ3v) is 5.09. The molecular weight excluding hydrogens is 414 g/mol. The molecule has 0 aliphatic rings. The van der Waals surface area contributed by atoms with Crippen molar-refractivity contribution in [3.63, 3.8) is 0 Å². The van der Waals surface area contributed by atoms with Crippen LogP contribution in [-0.2, 0) is 6.54 Å². The van der Waals surface area contributed by atoms with Crippen LogP contribution in [0.1, 0.15) is 18.6 Å². The summed E-state index contributed by atoms with van der Waals surface area (Å²) < 4.78 is 35.1. The Hall–Kier alpha value is -3.78. The molecule has 6 nitrogen and oxygen atoms in total. The standard InChI is InChI=1S/C24H22F2N4O2/c1-15(22-11-20(26)6-7-21(22)16-2-4-19(25)5-3-16)32-23-10-17(12-28-24(23)27)18-13-29-30(14-18)8-9-31/h2-7,10-15,31H,8-9H2,1H3,(H2,27,28)/t15-/m1/s1. The molecule has 2 aromatic heterocycles. The SMILES string of the molecule is C[C@@H](Oc1cc(-c2cnn(CCO)c2)cnc1N)c1cc(F)ccc1-c1ccc(F)cc1. The molecule has 2 heterocycles. The van der Waals surface area contributed by atoms with Crippen LogP contribution in [-0.4, -0.2) is 26.5 Å². The molecule has 4 aromatic rings. The molecule has 1 atom stereocenters. The highest BCUT2D eigenvalue weighted by Crippen LogP contribution is 2.34. The number of nitrogens with two attached hydrogens (primary N) is 1. The van der Waals surface area contributed by atoms with Gasteiger partial charge in [-0.25, -0.2) is 13.8 Å². The maximum atomic E-state index is 14.1. The molecule has 0 bridgehead atoms. The van der Waals surface area contributed by atoms with E-state index in [1.807, 2.05) is 0 Å². The van der Waals surface area contributed by atoms with Gasteiger partial charge in [0, 0.05) is 29.1 Å². The van der Waals surface area contributed by atoms with Crippen molar-refractivity contribution in [1.82, 2.24) is 14.8 Å². The Bertz CT molecular complexity index is 1230. The number of hydrogen-bond acceptors (Lipinski definition) is 5. The minimum atomic E-state index is -0.567. The van der Waals surface area contributed by atoms with Crippen molar-refractivity contribution in [3.8, 4) is 28.0 Å². The van der Waals surface area contributed by atoms with Gasteiger partial charge in [0.1, 0.15) is 17.7 Å². The predicted molar refractivity (Wildman–Crippen MR) is 118 cm³/mol. The number of halogens is 2. The number of benzene rings is 2. The average molecular weight is 436 g/mol. The minimum Gasteiger partial charge on any atom is -0.482 e. The van der Waals surface area contributed by atoms with Gasteiger partial charge >= 0.3 is 0 Å². The van der Waals surface area contributed by atoms with Crippen molar-refractivity contribution in [3.05, 3.63) is 84.3 Å². The molecule has 3 N–H and O–H groups in total. The van der Waals surface area contributed by atoms with Gasteiger partial charge in [-0.2, -0.15) is 5.10 Å². The van der Waals surface area contributed by atoms with Crippen molar-refractivity contribution in [2.24, 2.45) is 0 Å². The maximum absolute atomic E-state index is 14.1. The van der Waals surface area contributed by atoms with Crippen molar-refractivity contribution in [2.75, 3.05) is 12.3 Å². The van der Waals surface area contributed by atoms with E-state index in [1.165, 1.54) is 24.3 Å². The Labute approximate surface area is 183 Å². The zero-order valence-corrected chi connectivity index (χ0v) is 17.4. The lowest BCUT2D eigenvalue weighted by molar-refractivity contribution is 0.228. The van der Waals surface area contributed by atoms with E-state index in [1.54, 1.807) is 54.5 Å². The van der Waals surface area contributed by atoms with Crippen molar-refractivity contribution >= 4 is 5.82 Å². The highest BCUT2D eigenvalue weighted by atomic mass is 19.1.